The Morgan fingerprint density at radius 2 is 1.73 bits per heavy atom. The third kappa shape index (κ3) is 3.41. The number of pyridine rings is 2. The molecule has 0 aliphatic heterocycles. The summed E-state index contributed by atoms with van der Waals surface area (Å²) in [6.07, 6.45) is 3.46. The van der Waals surface area contributed by atoms with E-state index in [1.165, 1.54) is 6.07 Å². The van der Waals surface area contributed by atoms with Crippen LogP contribution >= 0.6 is 15.9 Å². The first kappa shape index (κ1) is 16.6. The maximum absolute atomic E-state index is 14.1. The monoisotopic (exact) mass is 408 g/mol. The van der Waals surface area contributed by atoms with Crippen molar-refractivity contribution in [2.75, 3.05) is 0 Å². The first-order valence-corrected chi connectivity index (χ1v) is 8.84. The van der Waals surface area contributed by atoms with Crippen molar-refractivity contribution in [3.63, 3.8) is 0 Å². The highest BCUT2D eigenvalue weighted by atomic mass is 79.9. The van der Waals surface area contributed by atoms with Gasteiger partial charge in [0.05, 0.1) is 23.6 Å². The van der Waals surface area contributed by atoms with Crippen molar-refractivity contribution >= 4 is 15.9 Å². The molecule has 0 saturated heterocycles. The fourth-order valence-electron chi connectivity index (χ4n) is 2.70. The number of aromatic nitrogens is 4. The van der Waals surface area contributed by atoms with Crippen molar-refractivity contribution in [1.29, 1.82) is 0 Å². The molecule has 0 fully saturated rings. The Kier molecular flexibility index (Phi) is 4.58. The molecule has 128 valence electrons. The van der Waals surface area contributed by atoms with Gasteiger partial charge >= 0.3 is 0 Å². The van der Waals surface area contributed by atoms with Crippen LogP contribution in [-0.2, 0) is 6.54 Å². The molecule has 3 aromatic heterocycles. The van der Waals surface area contributed by atoms with Crippen molar-refractivity contribution in [2.45, 2.75) is 6.54 Å². The highest BCUT2D eigenvalue weighted by molar-refractivity contribution is 9.10. The van der Waals surface area contributed by atoms with Crippen LogP contribution in [0.5, 0.6) is 0 Å². The van der Waals surface area contributed by atoms with Gasteiger partial charge < -0.3 is 0 Å². The molecule has 0 atom stereocenters. The smallest absolute Gasteiger partial charge is 0.128 e. The van der Waals surface area contributed by atoms with Crippen LogP contribution in [0.25, 0.3) is 22.8 Å². The zero-order valence-corrected chi connectivity index (χ0v) is 15.3. The number of halogens is 2. The first-order chi connectivity index (χ1) is 12.7. The predicted octanol–water partition coefficient (Wildman–Crippen LogP) is 4.96. The number of hydrogen-bond acceptors (Lipinski definition) is 3. The van der Waals surface area contributed by atoms with Gasteiger partial charge in [0.25, 0.3) is 0 Å². The van der Waals surface area contributed by atoms with Crippen molar-refractivity contribution < 1.29 is 4.39 Å². The fraction of sp³-hybridized carbons (Fsp3) is 0.0500. The molecule has 1 aromatic carbocycles. The van der Waals surface area contributed by atoms with Crippen LogP contribution in [-0.4, -0.2) is 19.7 Å². The van der Waals surface area contributed by atoms with Gasteiger partial charge in [-0.1, -0.05) is 24.3 Å². The molecule has 4 nitrogen and oxygen atoms in total. The molecule has 0 amide bonds. The summed E-state index contributed by atoms with van der Waals surface area (Å²) < 4.78 is 16.8. The van der Waals surface area contributed by atoms with Crippen LogP contribution in [0.3, 0.4) is 0 Å². The van der Waals surface area contributed by atoms with E-state index in [1.54, 1.807) is 29.2 Å². The normalized spacial score (nSPS) is 10.8. The Morgan fingerprint density at radius 3 is 2.46 bits per heavy atom. The molecule has 0 radical (unpaired) electrons. The van der Waals surface area contributed by atoms with Gasteiger partial charge in [-0.3, -0.25) is 14.6 Å². The van der Waals surface area contributed by atoms with E-state index in [4.69, 9.17) is 0 Å². The lowest BCUT2D eigenvalue weighted by molar-refractivity contribution is 0.587. The highest BCUT2D eigenvalue weighted by Gasteiger charge is 2.14. The van der Waals surface area contributed by atoms with Gasteiger partial charge in [-0.05, 0) is 52.3 Å². The van der Waals surface area contributed by atoms with E-state index in [0.717, 1.165) is 27.2 Å². The van der Waals surface area contributed by atoms with E-state index in [-0.39, 0.29) is 5.82 Å². The predicted molar refractivity (Wildman–Crippen MR) is 102 cm³/mol. The van der Waals surface area contributed by atoms with Crippen LogP contribution in [0.2, 0.25) is 0 Å². The third-order valence-electron chi connectivity index (χ3n) is 3.98. The van der Waals surface area contributed by atoms with E-state index in [9.17, 15) is 4.39 Å². The largest absolute Gasteiger partial charge is 0.258 e. The molecule has 0 saturated carbocycles. The number of rotatable bonds is 4. The van der Waals surface area contributed by atoms with Crippen LogP contribution in [0.15, 0.2) is 77.5 Å². The van der Waals surface area contributed by atoms with Crippen LogP contribution < -0.4 is 0 Å². The van der Waals surface area contributed by atoms with Gasteiger partial charge in [-0.25, -0.2) is 4.39 Å². The Hall–Kier alpha value is -2.86. The van der Waals surface area contributed by atoms with E-state index in [2.05, 4.69) is 31.0 Å². The van der Waals surface area contributed by atoms with E-state index >= 15 is 0 Å². The van der Waals surface area contributed by atoms with Gasteiger partial charge in [0.15, 0.2) is 0 Å². The van der Waals surface area contributed by atoms with Gasteiger partial charge in [0, 0.05) is 22.4 Å². The summed E-state index contributed by atoms with van der Waals surface area (Å²) >= 11 is 3.39. The summed E-state index contributed by atoms with van der Waals surface area (Å²) in [5.41, 5.74) is 3.63. The molecule has 0 unspecified atom stereocenters. The lowest BCUT2D eigenvalue weighted by Gasteiger charge is -2.08. The fourth-order valence-corrected chi connectivity index (χ4v) is 2.93. The maximum atomic E-state index is 14.1. The van der Waals surface area contributed by atoms with Crippen LogP contribution in [0.4, 0.5) is 4.39 Å². The molecule has 26 heavy (non-hydrogen) atoms. The van der Waals surface area contributed by atoms with Gasteiger partial charge in [0.2, 0.25) is 0 Å². The molecule has 0 aliphatic rings. The standard InChI is InChI=1S/C20H14BrFN4/c21-15-8-9-17(24-12-15)19-11-20(18-7-3-4-10-23-18)26(25-19)13-14-5-1-2-6-16(14)22/h1-12H,13H2. The molecule has 3 heterocycles. The van der Waals surface area contributed by atoms with E-state index < -0.39 is 0 Å². The topological polar surface area (TPSA) is 43.6 Å². The zero-order chi connectivity index (χ0) is 17.9. The molecular weight excluding hydrogens is 395 g/mol. The molecule has 0 bridgehead atoms. The van der Waals surface area contributed by atoms with E-state index in [0.29, 0.717) is 12.1 Å². The van der Waals surface area contributed by atoms with Crippen molar-refractivity contribution in [3.05, 3.63) is 88.9 Å². The number of nitrogens with zero attached hydrogens (tertiary/aromatic N) is 4. The maximum Gasteiger partial charge on any atom is 0.128 e. The van der Waals surface area contributed by atoms with Crippen molar-refractivity contribution in [1.82, 2.24) is 19.7 Å². The Morgan fingerprint density at radius 1 is 0.885 bits per heavy atom. The molecule has 0 aliphatic carbocycles. The molecular formula is C20H14BrFN4. The highest BCUT2D eigenvalue weighted by Crippen LogP contribution is 2.25. The lowest BCUT2D eigenvalue weighted by atomic mass is 10.2. The number of benzene rings is 1. The summed E-state index contributed by atoms with van der Waals surface area (Å²) in [6.45, 7) is 0.315. The quantitative estimate of drug-likeness (QED) is 0.479. The summed E-state index contributed by atoms with van der Waals surface area (Å²) in [6, 6.07) is 18.1. The summed E-state index contributed by atoms with van der Waals surface area (Å²) in [7, 11) is 0. The first-order valence-electron chi connectivity index (χ1n) is 8.05. The average Bonchev–Trinajstić information content (AvgIpc) is 3.09. The SMILES string of the molecule is Fc1ccccc1Cn1nc(-c2ccc(Br)cn2)cc1-c1ccccn1. The summed E-state index contributed by atoms with van der Waals surface area (Å²) in [4.78, 5) is 8.82. The third-order valence-corrected chi connectivity index (χ3v) is 4.44. The number of hydrogen-bond donors (Lipinski definition) is 0. The minimum atomic E-state index is -0.252. The molecule has 0 spiro atoms. The zero-order valence-electron chi connectivity index (χ0n) is 13.7. The van der Waals surface area contributed by atoms with Crippen LogP contribution in [0, 0.1) is 5.82 Å². The van der Waals surface area contributed by atoms with Crippen molar-refractivity contribution in [3.8, 4) is 22.8 Å². The molecule has 0 N–H and O–H groups in total. The Bertz CT molecular complexity index is 1030. The van der Waals surface area contributed by atoms with Gasteiger partial charge in [0.1, 0.15) is 11.5 Å². The second kappa shape index (κ2) is 7.17. The minimum Gasteiger partial charge on any atom is -0.258 e. The summed E-state index contributed by atoms with van der Waals surface area (Å²) in [5.74, 6) is -0.252. The summed E-state index contributed by atoms with van der Waals surface area (Å²) in [5, 5.41) is 4.66. The molecule has 4 aromatic rings. The molecule has 4 rings (SSSR count). The minimum absolute atomic E-state index is 0.252. The lowest BCUT2D eigenvalue weighted by Crippen LogP contribution is -2.06. The average molecular weight is 409 g/mol. The van der Waals surface area contributed by atoms with Gasteiger partial charge in [-0.15, -0.1) is 0 Å². The van der Waals surface area contributed by atoms with Crippen molar-refractivity contribution in [2.24, 2.45) is 0 Å². The van der Waals surface area contributed by atoms with E-state index in [1.807, 2.05) is 42.5 Å². The molecule has 6 heteroatoms. The Balaban J connectivity index is 1.80. The Labute approximate surface area is 158 Å². The second-order valence-corrected chi connectivity index (χ2v) is 6.66. The van der Waals surface area contributed by atoms with Gasteiger partial charge in [-0.2, -0.15) is 5.10 Å². The second-order valence-electron chi connectivity index (χ2n) is 5.74. The van der Waals surface area contributed by atoms with Crippen LogP contribution in [0.1, 0.15) is 5.56 Å².